The number of sulfonamides is 1. The van der Waals surface area contributed by atoms with Crippen LogP contribution in [0.4, 0.5) is 11.4 Å². The smallest absolute Gasteiger partial charge is 0.264 e. The van der Waals surface area contributed by atoms with Gasteiger partial charge in [-0.3, -0.25) is 13.9 Å². The van der Waals surface area contributed by atoms with E-state index in [-0.39, 0.29) is 10.8 Å². The fourth-order valence-corrected chi connectivity index (χ4v) is 5.67. The lowest BCUT2D eigenvalue weighted by Gasteiger charge is -2.24. The molecule has 0 spiro atoms. The Hall–Kier alpha value is -4.47. The Morgan fingerprint density at radius 2 is 1.52 bits per heavy atom. The zero-order valence-electron chi connectivity index (χ0n) is 23.7. The fraction of sp³-hybridized carbons (Fsp3) is 0.156. The Bertz CT molecular complexity index is 1770. The van der Waals surface area contributed by atoms with Crippen LogP contribution in [0.25, 0.3) is 0 Å². The van der Waals surface area contributed by atoms with Crippen molar-refractivity contribution in [1.29, 1.82) is 0 Å². The number of benzene rings is 4. The maximum atomic E-state index is 13.7. The second-order valence-electron chi connectivity index (χ2n) is 9.87. The average Bonchev–Trinajstić information content (AvgIpc) is 2.96. The van der Waals surface area contributed by atoms with Crippen LogP contribution < -0.4 is 15.0 Å². The molecule has 4 aromatic carbocycles. The lowest BCUT2D eigenvalue weighted by atomic mass is 10.1. The minimum atomic E-state index is -4.05. The zero-order valence-corrected chi connectivity index (χ0v) is 25.3. The molecule has 0 fully saturated rings. The summed E-state index contributed by atoms with van der Waals surface area (Å²) in [5.74, 6) is -0.938. The van der Waals surface area contributed by atoms with Gasteiger partial charge >= 0.3 is 0 Å². The number of nitrogens with zero attached hydrogens (tertiary/aromatic N) is 2. The van der Waals surface area contributed by atoms with Crippen molar-refractivity contribution in [3.63, 3.8) is 0 Å². The molecule has 0 heterocycles. The molecule has 0 unspecified atom stereocenters. The number of carbonyl (C=O) groups excluding carboxylic acids is 2. The summed E-state index contributed by atoms with van der Waals surface area (Å²) in [5.41, 5.74) is 7.72. The second-order valence-corrected chi connectivity index (χ2v) is 12.2. The summed E-state index contributed by atoms with van der Waals surface area (Å²) >= 11 is 5.99. The van der Waals surface area contributed by atoms with Gasteiger partial charge in [-0.2, -0.15) is 5.10 Å². The highest BCUT2D eigenvalue weighted by molar-refractivity contribution is 7.92. The van der Waals surface area contributed by atoms with Gasteiger partial charge in [-0.1, -0.05) is 53.6 Å². The fourth-order valence-electron chi connectivity index (χ4n) is 4.06. The van der Waals surface area contributed by atoms with Gasteiger partial charge in [-0.05, 0) is 99.0 Å². The van der Waals surface area contributed by atoms with E-state index in [1.807, 2.05) is 26.8 Å². The monoisotopic (exact) mass is 602 g/mol. The summed E-state index contributed by atoms with van der Waals surface area (Å²) in [7, 11) is -4.05. The van der Waals surface area contributed by atoms with Crippen LogP contribution >= 0.6 is 11.6 Å². The van der Waals surface area contributed by atoms with E-state index >= 15 is 0 Å². The molecule has 0 aliphatic carbocycles. The molecule has 8 nitrogen and oxygen atoms in total. The van der Waals surface area contributed by atoms with Gasteiger partial charge in [0.15, 0.2) is 0 Å². The van der Waals surface area contributed by atoms with Crippen molar-refractivity contribution in [2.24, 2.45) is 5.10 Å². The van der Waals surface area contributed by atoms with Gasteiger partial charge < -0.3 is 5.32 Å². The molecule has 0 saturated heterocycles. The van der Waals surface area contributed by atoms with Crippen molar-refractivity contribution >= 4 is 50.5 Å². The molecular weight excluding hydrogens is 572 g/mol. The van der Waals surface area contributed by atoms with Crippen molar-refractivity contribution in [3.05, 3.63) is 124 Å². The topological polar surface area (TPSA) is 108 Å². The van der Waals surface area contributed by atoms with Crippen molar-refractivity contribution in [2.45, 2.75) is 32.6 Å². The molecule has 0 aliphatic heterocycles. The van der Waals surface area contributed by atoms with Crippen LogP contribution in [0.15, 0.2) is 101 Å². The SMILES string of the molecule is C/C(=N\NC(=O)CN(c1ccc(C)c(C)c1)S(=O)(=O)c1ccc(C)cc1)c1cccc(NC(=O)c2cccc(Cl)c2)c1. The molecule has 4 rings (SSSR count). The standard InChI is InChI=1S/C32H31ClN4O4S/c1-21-11-15-30(16-12-21)42(40,41)37(29-14-13-22(2)23(3)17-29)20-31(38)36-35-24(4)25-7-6-10-28(19-25)34-32(39)26-8-5-9-27(33)18-26/h5-19H,20H2,1-4H3,(H,34,39)(H,36,38)/b35-24+. The molecule has 0 radical (unpaired) electrons. The maximum Gasteiger partial charge on any atom is 0.264 e. The number of hydrazone groups is 1. The molecule has 2 amide bonds. The minimum absolute atomic E-state index is 0.0791. The summed E-state index contributed by atoms with van der Waals surface area (Å²) < 4.78 is 28.4. The molecule has 216 valence electrons. The number of amides is 2. The number of hydrogen-bond donors (Lipinski definition) is 2. The van der Waals surface area contributed by atoms with Gasteiger partial charge in [0, 0.05) is 16.3 Å². The van der Waals surface area contributed by atoms with Gasteiger partial charge in [0.05, 0.1) is 16.3 Å². The summed E-state index contributed by atoms with van der Waals surface area (Å²) in [5, 5.41) is 7.47. The number of hydrogen-bond acceptors (Lipinski definition) is 5. The Kier molecular flexibility index (Phi) is 9.45. The largest absolute Gasteiger partial charge is 0.322 e. The van der Waals surface area contributed by atoms with Crippen molar-refractivity contribution < 1.29 is 18.0 Å². The lowest BCUT2D eigenvalue weighted by molar-refractivity contribution is -0.119. The van der Waals surface area contributed by atoms with Crippen LogP contribution in [0.5, 0.6) is 0 Å². The first kappa shape index (κ1) is 30.5. The first-order valence-electron chi connectivity index (χ1n) is 13.1. The van der Waals surface area contributed by atoms with Crippen molar-refractivity contribution in [2.75, 3.05) is 16.2 Å². The van der Waals surface area contributed by atoms with E-state index in [2.05, 4.69) is 15.8 Å². The Morgan fingerprint density at radius 1 is 0.833 bits per heavy atom. The molecule has 4 aromatic rings. The molecule has 0 bridgehead atoms. The summed E-state index contributed by atoms with van der Waals surface area (Å²) in [4.78, 5) is 25.7. The van der Waals surface area contributed by atoms with Crippen LogP contribution in [0, 0.1) is 20.8 Å². The van der Waals surface area contributed by atoms with Crippen molar-refractivity contribution in [3.8, 4) is 0 Å². The minimum Gasteiger partial charge on any atom is -0.322 e. The van der Waals surface area contributed by atoms with Crippen LogP contribution in [-0.4, -0.2) is 32.5 Å². The normalized spacial score (nSPS) is 11.6. The van der Waals surface area contributed by atoms with Gasteiger partial charge in [0.25, 0.3) is 21.8 Å². The highest BCUT2D eigenvalue weighted by atomic mass is 35.5. The van der Waals surface area contributed by atoms with E-state index in [0.717, 1.165) is 21.0 Å². The summed E-state index contributed by atoms with van der Waals surface area (Å²) in [6.45, 7) is 6.90. The zero-order chi connectivity index (χ0) is 30.4. The Balaban J connectivity index is 1.52. The van der Waals surface area contributed by atoms with Crippen LogP contribution in [0.1, 0.15) is 39.5 Å². The number of rotatable bonds is 9. The van der Waals surface area contributed by atoms with E-state index in [9.17, 15) is 18.0 Å². The van der Waals surface area contributed by atoms with E-state index in [1.54, 1.807) is 79.7 Å². The maximum absolute atomic E-state index is 13.7. The molecule has 0 aromatic heterocycles. The number of halogens is 1. The Morgan fingerprint density at radius 3 is 2.21 bits per heavy atom. The number of carbonyl (C=O) groups is 2. The van der Waals surface area contributed by atoms with E-state index < -0.39 is 22.5 Å². The highest BCUT2D eigenvalue weighted by Gasteiger charge is 2.27. The summed E-state index contributed by atoms with van der Waals surface area (Å²) in [6, 6.07) is 25.3. The third-order valence-electron chi connectivity index (χ3n) is 6.65. The first-order chi connectivity index (χ1) is 19.9. The lowest BCUT2D eigenvalue weighted by Crippen LogP contribution is -2.39. The highest BCUT2D eigenvalue weighted by Crippen LogP contribution is 2.26. The van der Waals surface area contributed by atoms with E-state index in [0.29, 0.717) is 33.2 Å². The quantitative estimate of drug-likeness (QED) is 0.174. The molecule has 0 aliphatic rings. The predicted octanol–water partition coefficient (Wildman–Crippen LogP) is 6.25. The third-order valence-corrected chi connectivity index (χ3v) is 8.67. The van der Waals surface area contributed by atoms with Gasteiger partial charge in [-0.25, -0.2) is 13.8 Å². The third kappa shape index (κ3) is 7.43. The summed E-state index contributed by atoms with van der Waals surface area (Å²) in [6.07, 6.45) is 0. The second kappa shape index (κ2) is 13.0. The molecular formula is C32H31ClN4O4S. The first-order valence-corrected chi connectivity index (χ1v) is 14.9. The number of aryl methyl sites for hydroxylation is 3. The molecule has 10 heteroatoms. The van der Waals surface area contributed by atoms with Gasteiger partial charge in [-0.15, -0.1) is 0 Å². The van der Waals surface area contributed by atoms with E-state index in [1.165, 1.54) is 12.1 Å². The van der Waals surface area contributed by atoms with Gasteiger partial charge in [0.1, 0.15) is 6.54 Å². The van der Waals surface area contributed by atoms with Crippen LogP contribution in [-0.2, 0) is 14.8 Å². The predicted molar refractivity (Wildman–Crippen MR) is 168 cm³/mol. The van der Waals surface area contributed by atoms with Crippen LogP contribution in [0.3, 0.4) is 0 Å². The average molecular weight is 603 g/mol. The van der Waals surface area contributed by atoms with Crippen LogP contribution in [0.2, 0.25) is 5.02 Å². The molecule has 0 atom stereocenters. The molecule has 0 saturated carbocycles. The number of nitrogens with one attached hydrogen (secondary N) is 2. The van der Waals surface area contributed by atoms with Gasteiger partial charge in [0.2, 0.25) is 0 Å². The molecule has 42 heavy (non-hydrogen) atoms. The number of anilines is 2. The molecule has 2 N–H and O–H groups in total. The van der Waals surface area contributed by atoms with Crippen molar-refractivity contribution in [1.82, 2.24) is 5.43 Å². The van der Waals surface area contributed by atoms with E-state index in [4.69, 9.17) is 11.6 Å². The Labute approximate surface area is 251 Å².